The number of aryl methyl sites for hydroxylation is 1. The molecule has 0 fully saturated rings. The Labute approximate surface area is 83.0 Å². The van der Waals surface area contributed by atoms with E-state index in [0.717, 1.165) is 0 Å². The van der Waals surface area contributed by atoms with Crippen molar-refractivity contribution in [1.29, 1.82) is 0 Å². The van der Waals surface area contributed by atoms with E-state index in [1.807, 2.05) is 0 Å². The Hall–Kier alpha value is -0.940. The van der Waals surface area contributed by atoms with Gasteiger partial charge >= 0.3 is 0 Å². The Balaban J connectivity index is 3.26. The number of benzene rings is 1. The minimum absolute atomic E-state index is 0.0956. The van der Waals surface area contributed by atoms with Crippen molar-refractivity contribution in [3.63, 3.8) is 0 Å². The van der Waals surface area contributed by atoms with Crippen LogP contribution < -0.4 is 4.72 Å². The first-order valence-corrected chi connectivity index (χ1v) is 5.71. The van der Waals surface area contributed by atoms with Gasteiger partial charge in [0.25, 0.3) is 0 Å². The Morgan fingerprint density at radius 2 is 2.07 bits per heavy atom. The summed E-state index contributed by atoms with van der Waals surface area (Å²) in [5, 5.41) is 0. The van der Waals surface area contributed by atoms with Crippen LogP contribution in [-0.2, 0) is 16.4 Å². The van der Waals surface area contributed by atoms with Crippen LogP contribution in [0.25, 0.3) is 0 Å². The topological polar surface area (TPSA) is 46.2 Å². The summed E-state index contributed by atoms with van der Waals surface area (Å²) in [5.74, 6) is -0.373. The second kappa shape index (κ2) is 4.06. The molecule has 1 aromatic rings. The maximum Gasteiger partial charge on any atom is 0.240 e. The third kappa shape index (κ3) is 2.10. The van der Waals surface area contributed by atoms with E-state index >= 15 is 0 Å². The van der Waals surface area contributed by atoms with Gasteiger partial charge in [-0.25, -0.2) is 17.5 Å². The average molecular weight is 217 g/mol. The van der Waals surface area contributed by atoms with Crippen molar-refractivity contribution in [3.05, 3.63) is 29.6 Å². The molecule has 0 heterocycles. The highest BCUT2D eigenvalue weighted by Crippen LogP contribution is 2.14. The van der Waals surface area contributed by atoms with Gasteiger partial charge in [0.15, 0.2) is 0 Å². The molecule has 0 bridgehead atoms. The lowest BCUT2D eigenvalue weighted by atomic mass is 10.2. The molecule has 1 aromatic carbocycles. The van der Waals surface area contributed by atoms with E-state index in [2.05, 4.69) is 4.72 Å². The van der Waals surface area contributed by atoms with Gasteiger partial charge in [-0.3, -0.25) is 0 Å². The predicted molar refractivity (Wildman–Crippen MR) is 52.0 cm³/mol. The van der Waals surface area contributed by atoms with Crippen LogP contribution in [0.4, 0.5) is 4.39 Å². The standard InChI is InChI=1S/C9H12FNO2S/c1-3-7-6-8(4-5-9(7)10)14(12,13)11-2/h4-6,11H,3H2,1-2H3. The molecule has 3 nitrogen and oxygen atoms in total. The quantitative estimate of drug-likeness (QED) is 0.829. The van der Waals surface area contributed by atoms with Crippen LogP contribution in [0.2, 0.25) is 0 Å². The molecule has 0 amide bonds. The van der Waals surface area contributed by atoms with Crippen molar-refractivity contribution in [2.24, 2.45) is 0 Å². The summed E-state index contributed by atoms with van der Waals surface area (Å²) in [6, 6.07) is 3.77. The lowest BCUT2D eigenvalue weighted by Gasteiger charge is -2.05. The van der Waals surface area contributed by atoms with Gasteiger partial charge in [-0.2, -0.15) is 0 Å². The van der Waals surface area contributed by atoms with Gasteiger partial charge < -0.3 is 0 Å². The molecule has 0 unspecified atom stereocenters. The lowest BCUT2D eigenvalue weighted by molar-refractivity contribution is 0.585. The summed E-state index contributed by atoms with van der Waals surface area (Å²) in [5.41, 5.74) is 0.404. The fraction of sp³-hybridized carbons (Fsp3) is 0.333. The molecule has 1 N–H and O–H groups in total. The molecule has 5 heteroatoms. The molecule has 0 aliphatic rings. The fourth-order valence-electron chi connectivity index (χ4n) is 1.11. The van der Waals surface area contributed by atoms with Crippen molar-refractivity contribution in [2.75, 3.05) is 7.05 Å². The number of halogens is 1. The largest absolute Gasteiger partial charge is 0.240 e. The highest BCUT2D eigenvalue weighted by molar-refractivity contribution is 7.89. The Kier molecular flexibility index (Phi) is 3.23. The molecule has 0 radical (unpaired) electrons. The van der Waals surface area contributed by atoms with Crippen molar-refractivity contribution in [3.8, 4) is 0 Å². The van der Waals surface area contributed by atoms with Gasteiger partial charge in [-0.15, -0.1) is 0 Å². The number of nitrogens with one attached hydrogen (secondary N) is 1. The number of rotatable bonds is 3. The Bertz CT molecular complexity index is 428. The Morgan fingerprint density at radius 3 is 2.57 bits per heavy atom. The van der Waals surface area contributed by atoms with Gasteiger partial charge in [0.2, 0.25) is 10.0 Å². The van der Waals surface area contributed by atoms with Crippen molar-refractivity contribution < 1.29 is 12.8 Å². The zero-order valence-electron chi connectivity index (χ0n) is 8.04. The monoisotopic (exact) mass is 217 g/mol. The maximum absolute atomic E-state index is 13.0. The van der Waals surface area contributed by atoms with Crippen molar-refractivity contribution >= 4 is 10.0 Å². The molecule has 0 aliphatic heterocycles. The highest BCUT2D eigenvalue weighted by Gasteiger charge is 2.12. The second-order valence-electron chi connectivity index (χ2n) is 2.81. The van der Waals surface area contributed by atoms with Crippen LogP contribution in [0, 0.1) is 5.82 Å². The zero-order valence-corrected chi connectivity index (χ0v) is 8.86. The minimum Gasteiger partial charge on any atom is -0.214 e. The summed E-state index contributed by atoms with van der Waals surface area (Å²) in [6.07, 6.45) is 0.471. The first kappa shape index (κ1) is 11.1. The Morgan fingerprint density at radius 1 is 1.43 bits per heavy atom. The average Bonchev–Trinajstić information content (AvgIpc) is 2.18. The molecule has 0 spiro atoms. The van der Waals surface area contributed by atoms with Gasteiger partial charge in [-0.1, -0.05) is 6.92 Å². The first-order chi connectivity index (χ1) is 6.51. The summed E-state index contributed by atoms with van der Waals surface area (Å²) < 4.78 is 37.9. The van der Waals surface area contributed by atoms with Crippen molar-refractivity contribution in [1.82, 2.24) is 4.72 Å². The third-order valence-corrected chi connectivity index (χ3v) is 3.39. The van der Waals surface area contributed by atoms with E-state index in [0.29, 0.717) is 12.0 Å². The van der Waals surface area contributed by atoms with Crippen LogP contribution in [-0.4, -0.2) is 15.5 Å². The van der Waals surface area contributed by atoms with Crippen LogP contribution in [0.1, 0.15) is 12.5 Å². The molecule has 0 aliphatic carbocycles. The normalized spacial score (nSPS) is 11.6. The van der Waals surface area contributed by atoms with Gasteiger partial charge in [0.05, 0.1) is 4.90 Å². The summed E-state index contributed by atoms with van der Waals surface area (Å²) in [6.45, 7) is 1.77. The van der Waals surface area contributed by atoms with E-state index < -0.39 is 10.0 Å². The molecular weight excluding hydrogens is 205 g/mol. The zero-order chi connectivity index (χ0) is 10.8. The SMILES string of the molecule is CCc1cc(S(=O)(=O)NC)ccc1F. The molecule has 14 heavy (non-hydrogen) atoms. The summed E-state index contributed by atoms with van der Waals surface area (Å²) >= 11 is 0. The van der Waals surface area contributed by atoms with Crippen LogP contribution in [0.15, 0.2) is 23.1 Å². The summed E-state index contributed by atoms with van der Waals surface area (Å²) in [4.78, 5) is 0.0956. The third-order valence-electron chi connectivity index (χ3n) is 1.98. The van der Waals surface area contributed by atoms with E-state index in [9.17, 15) is 12.8 Å². The molecule has 78 valence electrons. The molecule has 0 saturated heterocycles. The summed E-state index contributed by atoms with van der Waals surface area (Å²) in [7, 11) is -2.14. The van der Waals surface area contributed by atoms with Gasteiger partial charge in [0, 0.05) is 0 Å². The number of sulfonamides is 1. The number of hydrogen-bond donors (Lipinski definition) is 1. The maximum atomic E-state index is 13.0. The van der Waals surface area contributed by atoms with Crippen LogP contribution >= 0.6 is 0 Å². The van der Waals surface area contributed by atoms with Crippen molar-refractivity contribution in [2.45, 2.75) is 18.2 Å². The first-order valence-electron chi connectivity index (χ1n) is 4.23. The van der Waals surface area contributed by atoms with E-state index in [1.165, 1.54) is 25.2 Å². The number of hydrogen-bond acceptors (Lipinski definition) is 2. The lowest BCUT2D eigenvalue weighted by Crippen LogP contribution is -2.18. The van der Waals surface area contributed by atoms with E-state index in [1.54, 1.807) is 6.92 Å². The van der Waals surface area contributed by atoms with E-state index in [4.69, 9.17) is 0 Å². The van der Waals surface area contributed by atoms with Crippen LogP contribution in [0.5, 0.6) is 0 Å². The minimum atomic E-state index is -3.46. The fourth-order valence-corrected chi connectivity index (χ4v) is 1.89. The van der Waals surface area contributed by atoms with Gasteiger partial charge in [-0.05, 0) is 37.2 Å². The molecule has 0 aromatic heterocycles. The highest BCUT2D eigenvalue weighted by atomic mass is 32.2. The smallest absolute Gasteiger partial charge is 0.214 e. The molecule has 0 atom stereocenters. The van der Waals surface area contributed by atoms with E-state index in [-0.39, 0.29) is 10.7 Å². The second-order valence-corrected chi connectivity index (χ2v) is 4.70. The molecule has 1 rings (SSSR count). The molecule has 0 saturated carbocycles. The predicted octanol–water partition coefficient (Wildman–Crippen LogP) is 1.30. The van der Waals surface area contributed by atoms with Gasteiger partial charge in [0.1, 0.15) is 5.82 Å². The van der Waals surface area contributed by atoms with Crippen LogP contribution in [0.3, 0.4) is 0 Å². The molecular formula is C9H12FNO2S.